The van der Waals surface area contributed by atoms with Gasteiger partial charge in [0.25, 0.3) is 0 Å². The summed E-state index contributed by atoms with van der Waals surface area (Å²) in [6.45, 7) is 4.35. The van der Waals surface area contributed by atoms with Gasteiger partial charge in [0.05, 0.1) is 5.69 Å². The van der Waals surface area contributed by atoms with E-state index in [0.717, 1.165) is 12.8 Å². The molecule has 72 valence electrons. The molecule has 0 fully saturated rings. The minimum Gasteiger partial charge on any atom is -0.312 e. The van der Waals surface area contributed by atoms with Crippen molar-refractivity contribution in [2.24, 2.45) is 0 Å². The molecule has 1 unspecified atom stereocenters. The molecule has 1 atom stereocenters. The zero-order chi connectivity index (χ0) is 9.68. The van der Waals surface area contributed by atoms with E-state index in [-0.39, 0.29) is 0 Å². The number of hydrogen-bond acceptors (Lipinski definition) is 2. The van der Waals surface area contributed by atoms with Crippen molar-refractivity contribution >= 4 is 0 Å². The number of aryl methyl sites for hydroxylation is 1. The van der Waals surface area contributed by atoms with Crippen LogP contribution in [0.25, 0.3) is 0 Å². The topological polar surface area (TPSA) is 24.9 Å². The van der Waals surface area contributed by atoms with Crippen molar-refractivity contribution in [1.29, 1.82) is 0 Å². The maximum absolute atomic E-state index is 4.43. The third-order valence-electron chi connectivity index (χ3n) is 2.39. The fraction of sp³-hybridized carbons (Fsp3) is 0.545. The average Bonchev–Trinajstić information content (AvgIpc) is 2.20. The quantitative estimate of drug-likeness (QED) is 0.765. The van der Waals surface area contributed by atoms with E-state index in [0.29, 0.717) is 6.04 Å². The molecule has 1 rings (SSSR count). The van der Waals surface area contributed by atoms with Crippen molar-refractivity contribution in [3.63, 3.8) is 0 Å². The van der Waals surface area contributed by atoms with E-state index in [2.05, 4.69) is 30.2 Å². The van der Waals surface area contributed by atoms with E-state index in [9.17, 15) is 0 Å². The second-order valence-corrected chi connectivity index (χ2v) is 3.15. The Balaban J connectivity index is 2.96. The van der Waals surface area contributed by atoms with Gasteiger partial charge in [-0.05, 0) is 31.5 Å². The zero-order valence-corrected chi connectivity index (χ0v) is 8.67. The van der Waals surface area contributed by atoms with Crippen molar-refractivity contribution < 1.29 is 0 Å². The number of aromatic nitrogens is 1. The predicted octanol–water partition coefficient (Wildman–Crippen LogP) is 2.31. The molecule has 0 aliphatic carbocycles. The smallest absolute Gasteiger partial charge is 0.0604 e. The molecule has 13 heavy (non-hydrogen) atoms. The van der Waals surface area contributed by atoms with Crippen LogP contribution in [0.3, 0.4) is 0 Å². The molecule has 0 radical (unpaired) electrons. The lowest BCUT2D eigenvalue weighted by Gasteiger charge is -2.16. The molecule has 1 aromatic rings. The third-order valence-corrected chi connectivity index (χ3v) is 2.39. The van der Waals surface area contributed by atoms with E-state index >= 15 is 0 Å². The van der Waals surface area contributed by atoms with Gasteiger partial charge < -0.3 is 5.32 Å². The van der Waals surface area contributed by atoms with Crippen LogP contribution in [0.2, 0.25) is 0 Å². The van der Waals surface area contributed by atoms with Crippen LogP contribution in [0.15, 0.2) is 18.3 Å². The molecule has 0 saturated carbocycles. The molecular formula is C11H18N2. The summed E-state index contributed by atoms with van der Waals surface area (Å²) < 4.78 is 0. The van der Waals surface area contributed by atoms with Gasteiger partial charge in [-0.25, -0.2) is 0 Å². The molecule has 2 heteroatoms. The van der Waals surface area contributed by atoms with Crippen LogP contribution < -0.4 is 5.32 Å². The summed E-state index contributed by atoms with van der Waals surface area (Å²) in [5.74, 6) is 0. The van der Waals surface area contributed by atoms with E-state index in [1.165, 1.54) is 11.3 Å². The highest BCUT2D eigenvalue weighted by molar-refractivity contribution is 5.22. The molecule has 0 aliphatic heterocycles. The molecule has 0 aliphatic rings. The van der Waals surface area contributed by atoms with Crippen LogP contribution in [0, 0.1) is 0 Å². The number of rotatable bonds is 4. The van der Waals surface area contributed by atoms with E-state index in [1.54, 1.807) is 0 Å². The fourth-order valence-electron chi connectivity index (χ4n) is 1.60. The lowest BCUT2D eigenvalue weighted by Crippen LogP contribution is -2.18. The molecule has 0 saturated heterocycles. The van der Waals surface area contributed by atoms with Crippen LogP contribution in [0.5, 0.6) is 0 Å². The summed E-state index contributed by atoms with van der Waals surface area (Å²) >= 11 is 0. The van der Waals surface area contributed by atoms with Crippen LogP contribution in [-0.2, 0) is 6.42 Å². The summed E-state index contributed by atoms with van der Waals surface area (Å²) in [4.78, 5) is 4.43. The van der Waals surface area contributed by atoms with Gasteiger partial charge >= 0.3 is 0 Å². The summed E-state index contributed by atoms with van der Waals surface area (Å²) in [6, 6.07) is 4.56. The van der Waals surface area contributed by atoms with Crippen molar-refractivity contribution in [3.05, 3.63) is 29.6 Å². The molecular weight excluding hydrogens is 160 g/mol. The zero-order valence-electron chi connectivity index (χ0n) is 8.67. The molecule has 0 bridgehead atoms. The minimum absolute atomic E-state index is 0.399. The monoisotopic (exact) mass is 178 g/mol. The van der Waals surface area contributed by atoms with Gasteiger partial charge in [0, 0.05) is 12.2 Å². The largest absolute Gasteiger partial charge is 0.312 e. The van der Waals surface area contributed by atoms with Crippen molar-refractivity contribution in [2.45, 2.75) is 32.7 Å². The SMILES string of the molecule is CCc1cccnc1C(CC)NC. The van der Waals surface area contributed by atoms with Crippen LogP contribution >= 0.6 is 0 Å². The molecule has 2 nitrogen and oxygen atoms in total. The van der Waals surface area contributed by atoms with Gasteiger partial charge in [0.1, 0.15) is 0 Å². The van der Waals surface area contributed by atoms with Crippen molar-refractivity contribution in [3.8, 4) is 0 Å². The highest BCUT2D eigenvalue weighted by Gasteiger charge is 2.10. The number of pyridine rings is 1. The Labute approximate surface area is 80.4 Å². The standard InChI is InChI=1S/C11H18N2/c1-4-9-7-6-8-13-11(9)10(5-2)12-3/h6-8,10,12H,4-5H2,1-3H3. The summed E-state index contributed by atoms with van der Waals surface area (Å²) in [5.41, 5.74) is 2.55. The Kier molecular flexibility index (Phi) is 3.90. The highest BCUT2D eigenvalue weighted by Crippen LogP contribution is 2.17. The Morgan fingerprint density at radius 2 is 2.23 bits per heavy atom. The van der Waals surface area contributed by atoms with Gasteiger partial charge in [-0.2, -0.15) is 0 Å². The van der Waals surface area contributed by atoms with Crippen LogP contribution in [0.4, 0.5) is 0 Å². The summed E-state index contributed by atoms with van der Waals surface area (Å²) in [6.07, 6.45) is 4.01. The predicted molar refractivity (Wildman–Crippen MR) is 55.7 cm³/mol. The molecule has 0 aromatic carbocycles. The molecule has 0 spiro atoms. The maximum Gasteiger partial charge on any atom is 0.0604 e. The second kappa shape index (κ2) is 4.97. The van der Waals surface area contributed by atoms with Crippen LogP contribution in [-0.4, -0.2) is 12.0 Å². The summed E-state index contributed by atoms with van der Waals surface area (Å²) in [5, 5.41) is 3.28. The lowest BCUT2D eigenvalue weighted by molar-refractivity contribution is 0.556. The lowest BCUT2D eigenvalue weighted by atomic mass is 10.0. The molecule has 1 aromatic heterocycles. The first kappa shape index (κ1) is 10.2. The average molecular weight is 178 g/mol. The van der Waals surface area contributed by atoms with Gasteiger partial charge in [-0.15, -0.1) is 0 Å². The van der Waals surface area contributed by atoms with Crippen molar-refractivity contribution in [2.75, 3.05) is 7.05 Å². The Bertz CT molecular complexity index is 254. The minimum atomic E-state index is 0.399. The summed E-state index contributed by atoms with van der Waals surface area (Å²) in [7, 11) is 1.99. The second-order valence-electron chi connectivity index (χ2n) is 3.15. The normalized spacial score (nSPS) is 12.8. The molecule has 1 heterocycles. The number of nitrogens with one attached hydrogen (secondary N) is 1. The first-order valence-electron chi connectivity index (χ1n) is 4.94. The first-order chi connectivity index (χ1) is 6.33. The Morgan fingerprint density at radius 1 is 1.46 bits per heavy atom. The Hall–Kier alpha value is -0.890. The van der Waals surface area contributed by atoms with E-state index in [1.807, 2.05) is 19.3 Å². The maximum atomic E-state index is 4.43. The van der Waals surface area contributed by atoms with Gasteiger partial charge in [-0.1, -0.05) is 19.9 Å². The van der Waals surface area contributed by atoms with E-state index < -0.39 is 0 Å². The first-order valence-corrected chi connectivity index (χ1v) is 4.94. The molecule has 1 N–H and O–H groups in total. The number of hydrogen-bond donors (Lipinski definition) is 1. The fourth-order valence-corrected chi connectivity index (χ4v) is 1.60. The van der Waals surface area contributed by atoms with Gasteiger partial charge in [-0.3, -0.25) is 4.98 Å². The molecule has 0 amide bonds. The van der Waals surface area contributed by atoms with Crippen LogP contribution in [0.1, 0.15) is 37.6 Å². The Morgan fingerprint density at radius 3 is 2.77 bits per heavy atom. The van der Waals surface area contributed by atoms with Crippen molar-refractivity contribution in [1.82, 2.24) is 10.3 Å². The number of nitrogens with zero attached hydrogens (tertiary/aromatic N) is 1. The third kappa shape index (κ3) is 2.28. The van der Waals surface area contributed by atoms with E-state index in [4.69, 9.17) is 0 Å². The highest BCUT2D eigenvalue weighted by atomic mass is 14.9. The van der Waals surface area contributed by atoms with Gasteiger partial charge in [0.2, 0.25) is 0 Å². The van der Waals surface area contributed by atoms with Gasteiger partial charge in [0.15, 0.2) is 0 Å².